The fourth-order valence-corrected chi connectivity index (χ4v) is 2.76. The number of hydrogen-bond acceptors (Lipinski definition) is 3. The summed E-state index contributed by atoms with van der Waals surface area (Å²) in [6, 6.07) is 16.8. The zero-order chi connectivity index (χ0) is 13.7. The summed E-state index contributed by atoms with van der Waals surface area (Å²) in [7, 11) is 0. The van der Waals surface area contributed by atoms with E-state index in [4.69, 9.17) is 5.73 Å². The maximum atomic E-state index is 11.3. The molecule has 0 aliphatic heterocycles. The van der Waals surface area contributed by atoms with E-state index in [2.05, 4.69) is 0 Å². The van der Waals surface area contributed by atoms with E-state index in [1.807, 2.05) is 54.6 Å². The molecular weight excluding hydrogens is 258 g/mol. The highest BCUT2D eigenvalue weighted by atomic mass is 32.2. The smallest absolute Gasteiger partial charge is 0.311 e. The molecule has 0 aromatic heterocycles. The van der Waals surface area contributed by atoms with Gasteiger partial charge in [0, 0.05) is 16.3 Å². The molecule has 0 radical (unpaired) electrons. The summed E-state index contributed by atoms with van der Waals surface area (Å²) in [4.78, 5) is 12.4. The number of nitrogens with two attached hydrogens (primary N) is 1. The first kappa shape index (κ1) is 13.5. The summed E-state index contributed by atoms with van der Waals surface area (Å²) in [5.74, 6) is -0.790. The van der Waals surface area contributed by atoms with Crippen molar-refractivity contribution < 1.29 is 9.90 Å². The van der Waals surface area contributed by atoms with Crippen LogP contribution in [0.4, 0.5) is 5.69 Å². The molecule has 3 nitrogen and oxygen atoms in total. The van der Waals surface area contributed by atoms with Crippen LogP contribution in [0.5, 0.6) is 0 Å². The van der Waals surface area contributed by atoms with E-state index >= 15 is 0 Å². The van der Waals surface area contributed by atoms with Crippen LogP contribution in [0.3, 0.4) is 0 Å². The minimum atomic E-state index is -0.797. The molecule has 0 fully saturated rings. The van der Waals surface area contributed by atoms with Crippen LogP contribution in [0.2, 0.25) is 0 Å². The molecule has 3 N–H and O–H groups in total. The second-order valence-electron chi connectivity index (χ2n) is 4.18. The Morgan fingerprint density at radius 2 is 1.74 bits per heavy atom. The minimum Gasteiger partial charge on any atom is -0.481 e. The number of rotatable bonds is 5. The van der Waals surface area contributed by atoms with Crippen LogP contribution in [0.15, 0.2) is 59.5 Å². The standard InChI is InChI=1S/C15H15NO2S/c16-12-6-8-13(9-7-12)19-10-14(15(17)18)11-4-2-1-3-5-11/h1-9,14H,10,16H2,(H,17,18). The third-order valence-corrected chi connectivity index (χ3v) is 3.90. The first-order valence-corrected chi connectivity index (χ1v) is 6.91. The van der Waals surface area contributed by atoms with Crippen molar-refractivity contribution >= 4 is 23.4 Å². The molecule has 1 atom stereocenters. The van der Waals surface area contributed by atoms with E-state index < -0.39 is 11.9 Å². The fraction of sp³-hybridized carbons (Fsp3) is 0.133. The molecule has 0 aliphatic rings. The highest BCUT2D eigenvalue weighted by Gasteiger charge is 2.19. The third-order valence-electron chi connectivity index (χ3n) is 2.80. The van der Waals surface area contributed by atoms with Crippen LogP contribution in [-0.4, -0.2) is 16.8 Å². The molecule has 0 amide bonds. The van der Waals surface area contributed by atoms with Crippen molar-refractivity contribution in [3.63, 3.8) is 0 Å². The van der Waals surface area contributed by atoms with Crippen LogP contribution < -0.4 is 5.73 Å². The van der Waals surface area contributed by atoms with Crippen LogP contribution in [0.25, 0.3) is 0 Å². The molecule has 0 aliphatic carbocycles. The van der Waals surface area contributed by atoms with Crippen LogP contribution in [-0.2, 0) is 4.79 Å². The Bertz CT molecular complexity index is 540. The van der Waals surface area contributed by atoms with Crippen LogP contribution in [0, 0.1) is 0 Å². The molecule has 2 aromatic carbocycles. The lowest BCUT2D eigenvalue weighted by Crippen LogP contribution is -2.14. The number of carboxylic acid groups (broad SMARTS) is 1. The molecular formula is C15H15NO2S. The van der Waals surface area contributed by atoms with Crippen molar-refractivity contribution in [2.24, 2.45) is 0 Å². The Morgan fingerprint density at radius 1 is 1.11 bits per heavy atom. The molecule has 19 heavy (non-hydrogen) atoms. The highest BCUT2D eigenvalue weighted by molar-refractivity contribution is 7.99. The molecule has 1 unspecified atom stereocenters. The van der Waals surface area contributed by atoms with Gasteiger partial charge in [-0.15, -0.1) is 11.8 Å². The molecule has 0 spiro atoms. The van der Waals surface area contributed by atoms with Crippen LogP contribution in [0.1, 0.15) is 11.5 Å². The third kappa shape index (κ3) is 3.76. The van der Waals surface area contributed by atoms with E-state index in [0.29, 0.717) is 11.4 Å². The lowest BCUT2D eigenvalue weighted by atomic mass is 10.0. The maximum absolute atomic E-state index is 11.3. The monoisotopic (exact) mass is 273 g/mol. The van der Waals surface area contributed by atoms with E-state index in [9.17, 15) is 9.90 Å². The topological polar surface area (TPSA) is 63.3 Å². The zero-order valence-corrected chi connectivity index (χ0v) is 11.1. The van der Waals surface area contributed by atoms with Gasteiger partial charge in [0.1, 0.15) is 0 Å². The number of thioether (sulfide) groups is 1. The summed E-state index contributed by atoms with van der Waals surface area (Å²) < 4.78 is 0. The van der Waals surface area contributed by atoms with Gasteiger partial charge in [0.05, 0.1) is 5.92 Å². The van der Waals surface area contributed by atoms with Crippen molar-refractivity contribution in [3.05, 3.63) is 60.2 Å². The van der Waals surface area contributed by atoms with Crippen molar-refractivity contribution in [1.82, 2.24) is 0 Å². The van der Waals surface area contributed by atoms with Gasteiger partial charge < -0.3 is 10.8 Å². The second-order valence-corrected chi connectivity index (χ2v) is 5.27. The summed E-state index contributed by atoms with van der Waals surface area (Å²) in [6.45, 7) is 0. The average Bonchev–Trinajstić information content (AvgIpc) is 2.42. The summed E-state index contributed by atoms with van der Waals surface area (Å²) >= 11 is 1.52. The summed E-state index contributed by atoms with van der Waals surface area (Å²) in [5, 5.41) is 9.32. The van der Waals surface area contributed by atoms with Gasteiger partial charge >= 0.3 is 5.97 Å². The molecule has 0 saturated heterocycles. The predicted octanol–water partition coefficient (Wildman–Crippen LogP) is 3.23. The number of carboxylic acids is 1. The van der Waals surface area contributed by atoms with Gasteiger partial charge in [-0.2, -0.15) is 0 Å². The van der Waals surface area contributed by atoms with E-state index in [1.165, 1.54) is 11.8 Å². The van der Waals surface area contributed by atoms with Gasteiger partial charge in [-0.3, -0.25) is 4.79 Å². The predicted molar refractivity (Wildman–Crippen MR) is 78.4 cm³/mol. The van der Waals surface area contributed by atoms with E-state index in [-0.39, 0.29) is 0 Å². The lowest BCUT2D eigenvalue weighted by Gasteiger charge is -2.12. The number of benzene rings is 2. The van der Waals surface area contributed by atoms with Gasteiger partial charge in [-0.05, 0) is 29.8 Å². The Labute approximate surface area is 116 Å². The second kappa shape index (κ2) is 6.29. The SMILES string of the molecule is Nc1ccc(SCC(C(=O)O)c2ccccc2)cc1. The van der Waals surface area contributed by atoms with Gasteiger partial charge in [0.15, 0.2) is 0 Å². The van der Waals surface area contributed by atoms with Crippen molar-refractivity contribution in [2.45, 2.75) is 10.8 Å². The molecule has 98 valence electrons. The van der Waals surface area contributed by atoms with E-state index in [0.717, 1.165) is 10.5 Å². The number of aliphatic carboxylic acids is 1. The van der Waals surface area contributed by atoms with Gasteiger partial charge in [-0.25, -0.2) is 0 Å². The Morgan fingerprint density at radius 3 is 2.32 bits per heavy atom. The van der Waals surface area contributed by atoms with Gasteiger partial charge in [0.25, 0.3) is 0 Å². The number of hydrogen-bond donors (Lipinski definition) is 2. The highest BCUT2D eigenvalue weighted by Crippen LogP contribution is 2.27. The molecule has 2 aromatic rings. The first-order chi connectivity index (χ1) is 9.16. The normalized spacial score (nSPS) is 12.0. The largest absolute Gasteiger partial charge is 0.481 e. The summed E-state index contributed by atoms with van der Waals surface area (Å²) in [5.41, 5.74) is 7.16. The summed E-state index contributed by atoms with van der Waals surface area (Å²) in [6.07, 6.45) is 0. The first-order valence-electron chi connectivity index (χ1n) is 5.93. The maximum Gasteiger partial charge on any atom is 0.311 e. The van der Waals surface area contributed by atoms with Crippen molar-refractivity contribution in [1.29, 1.82) is 0 Å². The Hall–Kier alpha value is -1.94. The van der Waals surface area contributed by atoms with Crippen LogP contribution >= 0.6 is 11.8 Å². The number of nitrogen functional groups attached to an aromatic ring is 1. The van der Waals surface area contributed by atoms with E-state index in [1.54, 1.807) is 0 Å². The van der Waals surface area contributed by atoms with Gasteiger partial charge in [-0.1, -0.05) is 30.3 Å². The lowest BCUT2D eigenvalue weighted by molar-refractivity contribution is -0.138. The zero-order valence-electron chi connectivity index (χ0n) is 10.3. The quantitative estimate of drug-likeness (QED) is 0.648. The minimum absolute atomic E-state index is 0.497. The number of carbonyl (C=O) groups is 1. The average molecular weight is 273 g/mol. The Balaban J connectivity index is 2.06. The number of anilines is 1. The van der Waals surface area contributed by atoms with Crippen molar-refractivity contribution in [2.75, 3.05) is 11.5 Å². The molecule has 4 heteroatoms. The van der Waals surface area contributed by atoms with Gasteiger partial charge in [0.2, 0.25) is 0 Å². The van der Waals surface area contributed by atoms with Crippen molar-refractivity contribution in [3.8, 4) is 0 Å². The molecule has 0 heterocycles. The molecule has 0 saturated carbocycles. The Kier molecular flexibility index (Phi) is 4.47. The molecule has 2 rings (SSSR count). The molecule has 0 bridgehead atoms. The fourth-order valence-electron chi connectivity index (χ4n) is 1.74.